The molecule has 1 unspecified atom stereocenters. The highest BCUT2D eigenvalue weighted by atomic mass is 16.1. The summed E-state index contributed by atoms with van der Waals surface area (Å²) in [4.78, 5) is 16.8. The van der Waals surface area contributed by atoms with E-state index in [4.69, 9.17) is 0 Å². The Morgan fingerprint density at radius 2 is 1.88 bits per heavy atom. The lowest BCUT2D eigenvalue weighted by atomic mass is 10.1. The number of nitrogens with one attached hydrogen (secondary N) is 1. The van der Waals surface area contributed by atoms with Gasteiger partial charge in [0.15, 0.2) is 0 Å². The van der Waals surface area contributed by atoms with E-state index in [-0.39, 0.29) is 11.9 Å². The summed E-state index contributed by atoms with van der Waals surface area (Å²) in [6, 6.07) is 16.4. The first-order valence-corrected chi connectivity index (χ1v) is 8.34. The Morgan fingerprint density at radius 3 is 2.58 bits per heavy atom. The summed E-state index contributed by atoms with van der Waals surface area (Å²) in [6.07, 6.45) is 2.22. The third-order valence-electron chi connectivity index (χ3n) is 4.24. The molecule has 0 bridgehead atoms. The van der Waals surface area contributed by atoms with Gasteiger partial charge in [0.2, 0.25) is 5.91 Å². The van der Waals surface area contributed by atoms with E-state index in [1.165, 1.54) is 0 Å². The third kappa shape index (κ3) is 3.48. The van der Waals surface area contributed by atoms with Gasteiger partial charge in [-0.05, 0) is 44.0 Å². The van der Waals surface area contributed by atoms with Gasteiger partial charge in [-0.3, -0.25) is 4.79 Å². The van der Waals surface area contributed by atoms with Crippen molar-refractivity contribution in [2.24, 2.45) is 0 Å². The van der Waals surface area contributed by atoms with Gasteiger partial charge in [0.05, 0.1) is 29.8 Å². The number of carbonyl (C=O) groups excluding carboxylic acids is 1. The molecule has 1 heterocycles. The molecule has 0 aliphatic heterocycles. The van der Waals surface area contributed by atoms with Crippen LogP contribution in [0.5, 0.6) is 0 Å². The lowest BCUT2D eigenvalue weighted by molar-refractivity contribution is -0.121. The Balaban J connectivity index is 1.69. The Bertz CT molecular complexity index is 836. The maximum Gasteiger partial charge on any atom is 0.224 e. The van der Waals surface area contributed by atoms with Crippen LogP contribution in [0.3, 0.4) is 0 Å². The summed E-state index contributed by atoms with van der Waals surface area (Å²) >= 11 is 0. The zero-order valence-corrected chi connectivity index (χ0v) is 14.4. The van der Waals surface area contributed by atoms with Crippen LogP contribution in [0, 0.1) is 0 Å². The zero-order chi connectivity index (χ0) is 17.1. The van der Waals surface area contributed by atoms with Crippen molar-refractivity contribution < 1.29 is 4.79 Å². The average molecular weight is 321 g/mol. The van der Waals surface area contributed by atoms with Crippen molar-refractivity contribution in [1.82, 2.24) is 14.9 Å². The Hall–Kier alpha value is -2.62. The van der Waals surface area contributed by atoms with E-state index >= 15 is 0 Å². The summed E-state index contributed by atoms with van der Waals surface area (Å²) in [5.74, 6) is 0.0222. The second-order valence-corrected chi connectivity index (χ2v) is 6.45. The summed E-state index contributed by atoms with van der Waals surface area (Å²) in [6.45, 7) is 6.27. The fraction of sp³-hybridized carbons (Fsp3) is 0.300. The molecule has 4 heteroatoms. The Morgan fingerprint density at radius 1 is 1.12 bits per heavy atom. The number of benzene rings is 2. The molecule has 0 saturated carbocycles. The van der Waals surface area contributed by atoms with Crippen LogP contribution >= 0.6 is 0 Å². The van der Waals surface area contributed by atoms with Crippen LogP contribution in [0.25, 0.3) is 11.0 Å². The largest absolute Gasteiger partial charge is 0.349 e. The highest BCUT2D eigenvalue weighted by Crippen LogP contribution is 2.19. The van der Waals surface area contributed by atoms with Crippen LogP contribution in [0.4, 0.5) is 0 Å². The van der Waals surface area contributed by atoms with Gasteiger partial charge in [0, 0.05) is 6.04 Å². The first-order valence-electron chi connectivity index (χ1n) is 8.34. The molecule has 0 spiro atoms. The monoisotopic (exact) mass is 321 g/mol. The van der Waals surface area contributed by atoms with Crippen LogP contribution in [0.1, 0.15) is 44.0 Å². The normalized spacial score (nSPS) is 12.5. The molecule has 1 aromatic heterocycles. The molecule has 0 saturated heterocycles. The summed E-state index contributed by atoms with van der Waals surface area (Å²) in [5, 5.41) is 3.05. The first-order chi connectivity index (χ1) is 11.5. The SMILES string of the molecule is CC(NC(=O)Cc1ccc2c(c1)ncn2C(C)C)c1ccccc1. The molecule has 124 valence electrons. The minimum absolute atomic E-state index is 0.00239. The molecule has 3 rings (SSSR count). The smallest absolute Gasteiger partial charge is 0.224 e. The van der Waals surface area contributed by atoms with Crippen molar-refractivity contribution in [2.75, 3.05) is 0 Å². The molecule has 1 atom stereocenters. The van der Waals surface area contributed by atoms with Gasteiger partial charge in [-0.15, -0.1) is 0 Å². The molecule has 0 aliphatic carbocycles. The van der Waals surface area contributed by atoms with E-state index in [2.05, 4.69) is 28.7 Å². The van der Waals surface area contributed by atoms with Crippen LogP contribution in [0.2, 0.25) is 0 Å². The highest BCUT2D eigenvalue weighted by molar-refractivity contribution is 5.82. The predicted octanol–water partition coefficient (Wildman–Crippen LogP) is 4.04. The summed E-state index contributed by atoms with van der Waals surface area (Å²) in [5.41, 5.74) is 4.13. The quantitative estimate of drug-likeness (QED) is 0.771. The molecule has 3 aromatic rings. The predicted molar refractivity (Wildman–Crippen MR) is 96.8 cm³/mol. The topological polar surface area (TPSA) is 46.9 Å². The van der Waals surface area contributed by atoms with E-state index in [9.17, 15) is 4.79 Å². The number of imidazole rings is 1. The van der Waals surface area contributed by atoms with E-state index < -0.39 is 0 Å². The third-order valence-corrected chi connectivity index (χ3v) is 4.24. The first kappa shape index (κ1) is 16.2. The molecular weight excluding hydrogens is 298 g/mol. The maximum absolute atomic E-state index is 12.3. The lowest BCUT2D eigenvalue weighted by Crippen LogP contribution is -2.28. The molecule has 1 N–H and O–H groups in total. The minimum Gasteiger partial charge on any atom is -0.349 e. The summed E-state index contributed by atoms with van der Waals surface area (Å²) < 4.78 is 2.14. The van der Waals surface area contributed by atoms with E-state index in [1.807, 2.05) is 61.8 Å². The molecule has 0 aliphatic rings. The summed E-state index contributed by atoms with van der Waals surface area (Å²) in [7, 11) is 0. The maximum atomic E-state index is 12.3. The molecule has 0 radical (unpaired) electrons. The van der Waals surface area contributed by atoms with Crippen molar-refractivity contribution in [2.45, 2.75) is 39.3 Å². The molecule has 2 aromatic carbocycles. The van der Waals surface area contributed by atoms with E-state index in [1.54, 1.807) is 0 Å². The van der Waals surface area contributed by atoms with Gasteiger partial charge >= 0.3 is 0 Å². The second-order valence-electron chi connectivity index (χ2n) is 6.45. The van der Waals surface area contributed by atoms with Crippen LogP contribution < -0.4 is 5.32 Å². The van der Waals surface area contributed by atoms with Crippen LogP contribution in [-0.2, 0) is 11.2 Å². The minimum atomic E-state index is 0.00239. The van der Waals surface area contributed by atoms with Crippen molar-refractivity contribution in [3.05, 3.63) is 66.0 Å². The lowest BCUT2D eigenvalue weighted by Gasteiger charge is -2.14. The molecule has 4 nitrogen and oxygen atoms in total. The number of hydrogen-bond acceptors (Lipinski definition) is 2. The average Bonchev–Trinajstić information content (AvgIpc) is 2.99. The van der Waals surface area contributed by atoms with E-state index in [0.29, 0.717) is 12.5 Å². The number of aromatic nitrogens is 2. The highest BCUT2D eigenvalue weighted by Gasteiger charge is 2.11. The van der Waals surface area contributed by atoms with Gasteiger partial charge in [-0.25, -0.2) is 4.98 Å². The van der Waals surface area contributed by atoms with E-state index in [0.717, 1.165) is 22.2 Å². The fourth-order valence-electron chi connectivity index (χ4n) is 2.90. The number of fused-ring (bicyclic) bond motifs is 1. The van der Waals surface area contributed by atoms with Crippen molar-refractivity contribution in [1.29, 1.82) is 0 Å². The van der Waals surface area contributed by atoms with Crippen molar-refractivity contribution in [3.8, 4) is 0 Å². The van der Waals surface area contributed by atoms with Crippen molar-refractivity contribution in [3.63, 3.8) is 0 Å². The van der Waals surface area contributed by atoms with Gasteiger partial charge < -0.3 is 9.88 Å². The molecular formula is C20H23N3O. The fourth-order valence-corrected chi connectivity index (χ4v) is 2.90. The van der Waals surface area contributed by atoms with Gasteiger partial charge in [-0.1, -0.05) is 36.4 Å². The Labute approximate surface area is 142 Å². The zero-order valence-electron chi connectivity index (χ0n) is 14.4. The number of amides is 1. The van der Waals surface area contributed by atoms with Gasteiger partial charge in [-0.2, -0.15) is 0 Å². The Kier molecular flexibility index (Phi) is 4.65. The van der Waals surface area contributed by atoms with Gasteiger partial charge in [0.1, 0.15) is 0 Å². The van der Waals surface area contributed by atoms with Crippen molar-refractivity contribution >= 4 is 16.9 Å². The number of hydrogen-bond donors (Lipinski definition) is 1. The molecule has 1 amide bonds. The van der Waals surface area contributed by atoms with Gasteiger partial charge in [0.25, 0.3) is 0 Å². The van der Waals surface area contributed by atoms with Crippen LogP contribution in [-0.4, -0.2) is 15.5 Å². The molecule has 24 heavy (non-hydrogen) atoms. The number of nitrogens with zero attached hydrogens (tertiary/aromatic N) is 2. The standard InChI is InChI=1S/C20H23N3O/c1-14(2)23-13-21-18-11-16(9-10-19(18)23)12-20(24)22-15(3)17-7-5-4-6-8-17/h4-11,13-15H,12H2,1-3H3,(H,22,24). The molecule has 0 fully saturated rings. The second kappa shape index (κ2) is 6.87. The number of rotatable bonds is 5. The van der Waals surface area contributed by atoms with Crippen LogP contribution in [0.15, 0.2) is 54.9 Å². The number of carbonyl (C=O) groups is 1.